The third-order valence-corrected chi connectivity index (χ3v) is 3.86. The van der Waals surface area contributed by atoms with Crippen molar-refractivity contribution in [2.24, 2.45) is 0 Å². The standard InChI is InChI=1S/C6H12O2Si/c1-5-6-9(4,7-2)8-3/h1H,6H2,2-4H3. The van der Waals surface area contributed by atoms with Crippen LogP contribution in [0.4, 0.5) is 0 Å². The zero-order valence-electron chi connectivity index (χ0n) is 6.10. The highest BCUT2D eigenvalue weighted by atomic mass is 28.4. The largest absolute Gasteiger partial charge is 0.397 e. The van der Waals surface area contributed by atoms with Gasteiger partial charge >= 0.3 is 8.56 Å². The summed E-state index contributed by atoms with van der Waals surface area (Å²) < 4.78 is 10.2. The van der Waals surface area contributed by atoms with Gasteiger partial charge in [-0.1, -0.05) is 0 Å². The summed E-state index contributed by atoms with van der Waals surface area (Å²) in [7, 11) is 1.33. The summed E-state index contributed by atoms with van der Waals surface area (Å²) in [5, 5.41) is 0. The van der Waals surface area contributed by atoms with Gasteiger partial charge < -0.3 is 8.85 Å². The Morgan fingerprint density at radius 2 is 1.89 bits per heavy atom. The van der Waals surface area contributed by atoms with Gasteiger partial charge in [0, 0.05) is 14.2 Å². The highest BCUT2D eigenvalue weighted by molar-refractivity contribution is 6.66. The maximum atomic E-state index is 5.10. The van der Waals surface area contributed by atoms with Gasteiger partial charge in [0.2, 0.25) is 0 Å². The predicted molar refractivity (Wildman–Crippen MR) is 39.3 cm³/mol. The first kappa shape index (κ1) is 8.70. The molecule has 0 heterocycles. The highest BCUT2D eigenvalue weighted by Gasteiger charge is 2.26. The summed E-state index contributed by atoms with van der Waals surface area (Å²) >= 11 is 0. The topological polar surface area (TPSA) is 18.5 Å². The third-order valence-electron chi connectivity index (χ3n) is 1.29. The molecule has 0 radical (unpaired) electrons. The van der Waals surface area contributed by atoms with Gasteiger partial charge in [0.1, 0.15) is 0 Å². The Balaban J connectivity index is 3.80. The Morgan fingerprint density at radius 3 is 2.00 bits per heavy atom. The van der Waals surface area contributed by atoms with Crippen molar-refractivity contribution in [3.8, 4) is 12.3 Å². The molecule has 0 saturated carbocycles. The van der Waals surface area contributed by atoms with Crippen LogP contribution in [-0.4, -0.2) is 22.8 Å². The fourth-order valence-corrected chi connectivity index (χ4v) is 1.24. The molecule has 3 heteroatoms. The molecule has 2 nitrogen and oxygen atoms in total. The molecule has 0 bridgehead atoms. The summed E-state index contributed by atoms with van der Waals surface area (Å²) in [5.74, 6) is 2.52. The summed E-state index contributed by atoms with van der Waals surface area (Å²) in [6.45, 7) is 1.94. The van der Waals surface area contributed by atoms with Crippen molar-refractivity contribution in [3.05, 3.63) is 0 Å². The van der Waals surface area contributed by atoms with Crippen LogP contribution in [0.2, 0.25) is 12.6 Å². The minimum absolute atomic E-state index is 0.611. The lowest BCUT2D eigenvalue weighted by Gasteiger charge is -2.19. The van der Waals surface area contributed by atoms with Gasteiger partial charge in [0.15, 0.2) is 0 Å². The Hall–Kier alpha value is -0.303. The number of hydrogen-bond acceptors (Lipinski definition) is 2. The van der Waals surface area contributed by atoms with Crippen LogP contribution in [0, 0.1) is 12.3 Å². The van der Waals surface area contributed by atoms with Crippen LogP contribution >= 0.6 is 0 Å². The molecular formula is C6H12O2Si. The van der Waals surface area contributed by atoms with Crippen LogP contribution < -0.4 is 0 Å². The maximum Gasteiger partial charge on any atom is 0.346 e. The number of rotatable bonds is 3. The fourth-order valence-electron chi connectivity index (χ4n) is 0.413. The number of terminal acetylenes is 1. The molecule has 0 aliphatic carbocycles. The van der Waals surface area contributed by atoms with E-state index in [4.69, 9.17) is 15.3 Å². The fraction of sp³-hybridized carbons (Fsp3) is 0.667. The summed E-state index contributed by atoms with van der Waals surface area (Å²) in [6.07, 6.45) is 5.09. The average Bonchev–Trinajstić information content (AvgIpc) is 1.89. The van der Waals surface area contributed by atoms with E-state index in [-0.39, 0.29) is 0 Å². The Morgan fingerprint density at radius 1 is 1.44 bits per heavy atom. The molecule has 0 amide bonds. The predicted octanol–water partition coefficient (Wildman–Crippen LogP) is 0.984. The van der Waals surface area contributed by atoms with Crippen LogP contribution in [0.3, 0.4) is 0 Å². The maximum absolute atomic E-state index is 5.10. The van der Waals surface area contributed by atoms with Gasteiger partial charge in [-0.25, -0.2) is 0 Å². The van der Waals surface area contributed by atoms with E-state index in [1.54, 1.807) is 14.2 Å². The lowest BCUT2D eigenvalue weighted by Crippen LogP contribution is -2.35. The van der Waals surface area contributed by atoms with Crippen LogP contribution in [0.25, 0.3) is 0 Å². The molecule has 0 aromatic heterocycles. The van der Waals surface area contributed by atoms with E-state index < -0.39 is 8.56 Å². The molecule has 0 atom stereocenters. The lowest BCUT2D eigenvalue weighted by atomic mass is 10.8. The molecule has 0 N–H and O–H groups in total. The van der Waals surface area contributed by atoms with Crippen LogP contribution in [0.1, 0.15) is 0 Å². The minimum Gasteiger partial charge on any atom is -0.397 e. The van der Waals surface area contributed by atoms with Gasteiger partial charge in [-0.15, -0.1) is 12.3 Å². The molecule has 0 aliphatic rings. The van der Waals surface area contributed by atoms with E-state index in [1.807, 2.05) is 6.55 Å². The Kier molecular flexibility index (Phi) is 3.55. The molecule has 0 rings (SSSR count). The smallest absolute Gasteiger partial charge is 0.346 e. The summed E-state index contributed by atoms with van der Waals surface area (Å²) in [6, 6.07) is 0.611. The van der Waals surface area contributed by atoms with Gasteiger partial charge in [-0.3, -0.25) is 0 Å². The molecule has 52 valence electrons. The molecule has 0 spiro atoms. The average molecular weight is 144 g/mol. The lowest BCUT2D eigenvalue weighted by molar-refractivity contribution is 0.254. The Bertz CT molecular complexity index is 113. The zero-order chi connectivity index (χ0) is 7.33. The molecule has 0 fully saturated rings. The minimum atomic E-state index is -1.93. The van der Waals surface area contributed by atoms with Crippen molar-refractivity contribution in [2.75, 3.05) is 14.2 Å². The Labute approximate surface area is 57.4 Å². The van der Waals surface area contributed by atoms with E-state index in [0.29, 0.717) is 6.04 Å². The molecule has 0 aromatic rings. The first-order valence-electron chi connectivity index (χ1n) is 2.72. The van der Waals surface area contributed by atoms with E-state index >= 15 is 0 Å². The van der Waals surface area contributed by atoms with Crippen molar-refractivity contribution in [2.45, 2.75) is 12.6 Å². The highest BCUT2D eigenvalue weighted by Crippen LogP contribution is 2.08. The summed E-state index contributed by atoms with van der Waals surface area (Å²) in [4.78, 5) is 0. The van der Waals surface area contributed by atoms with E-state index in [2.05, 4.69) is 5.92 Å². The second kappa shape index (κ2) is 3.67. The number of hydrogen-bond donors (Lipinski definition) is 0. The van der Waals surface area contributed by atoms with Crippen molar-refractivity contribution in [1.29, 1.82) is 0 Å². The van der Waals surface area contributed by atoms with Crippen molar-refractivity contribution < 1.29 is 8.85 Å². The van der Waals surface area contributed by atoms with Crippen molar-refractivity contribution in [3.63, 3.8) is 0 Å². The van der Waals surface area contributed by atoms with E-state index in [9.17, 15) is 0 Å². The van der Waals surface area contributed by atoms with E-state index in [1.165, 1.54) is 0 Å². The molecule has 0 saturated heterocycles. The van der Waals surface area contributed by atoms with Crippen LogP contribution in [0.15, 0.2) is 0 Å². The SMILES string of the molecule is C#CC[Si](C)(OC)OC. The summed E-state index contributed by atoms with van der Waals surface area (Å²) in [5.41, 5.74) is 0. The monoisotopic (exact) mass is 144 g/mol. The molecule has 0 aliphatic heterocycles. The first-order chi connectivity index (χ1) is 4.18. The molecule has 9 heavy (non-hydrogen) atoms. The molecular weight excluding hydrogens is 132 g/mol. The first-order valence-corrected chi connectivity index (χ1v) is 5.24. The van der Waals surface area contributed by atoms with Crippen molar-refractivity contribution >= 4 is 8.56 Å². The van der Waals surface area contributed by atoms with Gasteiger partial charge in [-0.05, 0) is 6.55 Å². The van der Waals surface area contributed by atoms with Crippen LogP contribution in [-0.2, 0) is 8.85 Å². The quantitative estimate of drug-likeness (QED) is 0.434. The molecule has 0 aromatic carbocycles. The van der Waals surface area contributed by atoms with E-state index in [0.717, 1.165) is 0 Å². The van der Waals surface area contributed by atoms with Crippen LogP contribution in [0.5, 0.6) is 0 Å². The second-order valence-corrected chi connectivity index (χ2v) is 5.36. The van der Waals surface area contributed by atoms with Gasteiger partial charge in [0.05, 0.1) is 6.04 Å². The molecule has 0 unspecified atom stereocenters. The van der Waals surface area contributed by atoms with Gasteiger partial charge in [0.25, 0.3) is 0 Å². The van der Waals surface area contributed by atoms with Gasteiger partial charge in [-0.2, -0.15) is 0 Å². The van der Waals surface area contributed by atoms with Crippen molar-refractivity contribution in [1.82, 2.24) is 0 Å². The normalized spacial score (nSPS) is 10.9. The zero-order valence-corrected chi connectivity index (χ0v) is 7.10. The third kappa shape index (κ3) is 2.66. The second-order valence-electron chi connectivity index (χ2n) is 1.92.